The number of anilines is 1. The summed E-state index contributed by atoms with van der Waals surface area (Å²) >= 11 is 0. The van der Waals surface area contributed by atoms with E-state index in [1.165, 1.54) is 21.7 Å². The zero-order valence-corrected chi connectivity index (χ0v) is 17.9. The molecule has 2 aliphatic rings. The first-order valence-electron chi connectivity index (χ1n) is 10.2. The summed E-state index contributed by atoms with van der Waals surface area (Å²) in [4.78, 5) is 31.6. The molecule has 2 amide bonds. The number of amides is 2. The number of benzene rings is 2. The maximum absolute atomic E-state index is 13.0. The predicted molar refractivity (Wildman–Crippen MR) is 117 cm³/mol. The van der Waals surface area contributed by atoms with E-state index >= 15 is 0 Å². The van der Waals surface area contributed by atoms with E-state index < -0.39 is 0 Å². The van der Waals surface area contributed by atoms with Crippen LogP contribution in [0.1, 0.15) is 16.7 Å². The van der Waals surface area contributed by atoms with Crippen molar-refractivity contribution in [2.45, 2.75) is 13.8 Å². The monoisotopic (exact) mass is 405 g/mol. The van der Waals surface area contributed by atoms with Crippen molar-refractivity contribution in [2.24, 2.45) is 0 Å². The van der Waals surface area contributed by atoms with Gasteiger partial charge in [-0.2, -0.15) is 0 Å². The lowest BCUT2D eigenvalue weighted by Gasteiger charge is -2.38. The molecule has 0 spiro atoms. The van der Waals surface area contributed by atoms with E-state index in [2.05, 4.69) is 36.9 Å². The van der Waals surface area contributed by atoms with Gasteiger partial charge in [-0.25, -0.2) is 0 Å². The molecule has 0 saturated carbocycles. The summed E-state index contributed by atoms with van der Waals surface area (Å²) in [6, 6.07) is 13.7. The van der Waals surface area contributed by atoms with Gasteiger partial charge in [-0.1, -0.05) is 30.3 Å². The van der Waals surface area contributed by atoms with Crippen LogP contribution in [0.5, 0.6) is 5.75 Å². The fourth-order valence-corrected chi connectivity index (χ4v) is 4.26. The standard InChI is InChI=1S/C24H27N3O3/c1-16-8-7-10-19(17(16)2)26-12-14-27(15-13-26)22-21(23(28)25(3)24(22)29)18-9-5-6-11-20(18)30-4/h5-11H,12-15H2,1-4H3. The van der Waals surface area contributed by atoms with Gasteiger partial charge in [0.25, 0.3) is 11.8 Å². The van der Waals surface area contributed by atoms with Gasteiger partial charge in [-0.15, -0.1) is 0 Å². The fraction of sp³-hybridized carbons (Fsp3) is 0.333. The highest BCUT2D eigenvalue weighted by molar-refractivity contribution is 6.35. The van der Waals surface area contributed by atoms with Gasteiger partial charge in [0, 0.05) is 44.5 Å². The van der Waals surface area contributed by atoms with Crippen molar-refractivity contribution in [3.05, 3.63) is 64.9 Å². The molecule has 6 nitrogen and oxygen atoms in total. The van der Waals surface area contributed by atoms with E-state index in [1.807, 2.05) is 29.2 Å². The third kappa shape index (κ3) is 3.22. The number of hydrogen-bond acceptors (Lipinski definition) is 5. The van der Waals surface area contributed by atoms with Crippen LogP contribution in [0.15, 0.2) is 48.2 Å². The summed E-state index contributed by atoms with van der Waals surface area (Å²) < 4.78 is 5.47. The van der Waals surface area contributed by atoms with Crippen LogP contribution in [0.25, 0.3) is 5.57 Å². The highest BCUT2D eigenvalue weighted by Crippen LogP contribution is 2.36. The van der Waals surface area contributed by atoms with E-state index in [9.17, 15) is 9.59 Å². The Labute approximate surface area is 177 Å². The molecule has 0 aromatic heterocycles. The number of para-hydroxylation sites is 1. The Kier molecular flexibility index (Phi) is 5.24. The van der Waals surface area contributed by atoms with Crippen LogP contribution in [0.2, 0.25) is 0 Å². The number of methoxy groups -OCH3 is 1. The molecule has 2 aromatic rings. The molecule has 0 aliphatic carbocycles. The van der Waals surface area contributed by atoms with Crippen LogP contribution in [-0.2, 0) is 9.59 Å². The number of ether oxygens (including phenoxy) is 1. The normalized spacial score (nSPS) is 17.3. The number of rotatable bonds is 4. The summed E-state index contributed by atoms with van der Waals surface area (Å²) in [5.41, 5.74) is 5.36. The van der Waals surface area contributed by atoms with Crippen LogP contribution in [0.4, 0.5) is 5.69 Å². The molecule has 0 atom stereocenters. The molecule has 1 fully saturated rings. The van der Waals surface area contributed by atoms with Crippen molar-refractivity contribution in [1.29, 1.82) is 0 Å². The van der Waals surface area contributed by atoms with Crippen LogP contribution in [0, 0.1) is 13.8 Å². The number of piperazine rings is 1. The van der Waals surface area contributed by atoms with Crippen molar-refractivity contribution in [3.63, 3.8) is 0 Å². The number of hydrogen-bond donors (Lipinski definition) is 0. The van der Waals surface area contributed by atoms with Gasteiger partial charge in [-0.05, 0) is 37.1 Å². The Morgan fingerprint density at radius 1 is 0.833 bits per heavy atom. The number of carbonyl (C=O) groups excluding carboxylic acids is 2. The van der Waals surface area contributed by atoms with Gasteiger partial charge in [0.15, 0.2) is 0 Å². The predicted octanol–water partition coefficient (Wildman–Crippen LogP) is 2.84. The lowest BCUT2D eigenvalue weighted by atomic mass is 10.0. The van der Waals surface area contributed by atoms with Crippen molar-refractivity contribution in [1.82, 2.24) is 9.80 Å². The minimum absolute atomic E-state index is 0.249. The molecule has 6 heteroatoms. The van der Waals surface area contributed by atoms with E-state index in [-0.39, 0.29) is 11.8 Å². The van der Waals surface area contributed by atoms with Crippen LogP contribution < -0.4 is 9.64 Å². The maximum atomic E-state index is 13.0. The van der Waals surface area contributed by atoms with Gasteiger partial charge in [0.2, 0.25) is 0 Å². The Bertz CT molecular complexity index is 1040. The lowest BCUT2D eigenvalue weighted by molar-refractivity contribution is -0.135. The summed E-state index contributed by atoms with van der Waals surface area (Å²) in [6.07, 6.45) is 0. The zero-order chi connectivity index (χ0) is 21.4. The Morgan fingerprint density at radius 3 is 2.20 bits per heavy atom. The lowest BCUT2D eigenvalue weighted by Crippen LogP contribution is -2.47. The first kappa shape index (κ1) is 20.0. The largest absolute Gasteiger partial charge is 0.496 e. The molecule has 2 aliphatic heterocycles. The first-order chi connectivity index (χ1) is 14.4. The van der Waals surface area contributed by atoms with Crippen LogP contribution >= 0.6 is 0 Å². The van der Waals surface area contributed by atoms with Crippen molar-refractivity contribution < 1.29 is 14.3 Å². The summed E-state index contributed by atoms with van der Waals surface area (Å²) in [5, 5.41) is 0. The minimum atomic E-state index is -0.281. The highest BCUT2D eigenvalue weighted by atomic mass is 16.5. The molecule has 4 rings (SSSR count). The Hall–Kier alpha value is -3.28. The van der Waals surface area contributed by atoms with E-state index in [1.54, 1.807) is 14.2 Å². The van der Waals surface area contributed by atoms with Crippen molar-refractivity contribution in [2.75, 3.05) is 45.2 Å². The fourth-order valence-electron chi connectivity index (χ4n) is 4.26. The second-order valence-corrected chi connectivity index (χ2v) is 7.79. The molecule has 0 unspecified atom stereocenters. The molecule has 2 aromatic carbocycles. The summed E-state index contributed by atoms with van der Waals surface area (Å²) in [7, 11) is 3.12. The molecular formula is C24H27N3O3. The second-order valence-electron chi connectivity index (χ2n) is 7.79. The molecule has 2 heterocycles. The molecule has 156 valence electrons. The summed E-state index contributed by atoms with van der Waals surface area (Å²) in [6.45, 7) is 7.20. The molecule has 0 N–H and O–H groups in total. The smallest absolute Gasteiger partial charge is 0.277 e. The SMILES string of the molecule is COc1ccccc1C1=C(N2CCN(c3cccc(C)c3C)CC2)C(=O)N(C)C1=O. The minimum Gasteiger partial charge on any atom is -0.496 e. The van der Waals surface area contributed by atoms with Crippen LogP contribution in [0.3, 0.4) is 0 Å². The quantitative estimate of drug-likeness (QED) is 0.733. The molecule has 1 saturated heterocycles. The average Bonchev–Trinajstić information content (AvgIpc) is 2.99. The maximum Gasteiger partial charge on any atom is 0.277 e. The first-order valence-corrected chi connectivity index (χ1v) is 10.2. The number of likely N-dealkylation sites (N-methyl/N-ethyl adjacent to an activating group) is 1. The number of carbonyl (C=O) groups is 2. The third-order valence-electron chi connectivity index (χ3n) is 6.15. The van der Waals surface area contributed by atoms with Crippen molar-refractivity contribution >= 4 is 23.1 Å². The van der Waals surface area contributed by atoms with Gasteiger partial charge < -0.3 is 14.5 Å². The molecule has 0 bridgehead atoms. The highest BCUT2D eigenvalue weighted by Gasteiger charge is 2.41. The van der Waals surface area contributed by atoms with Gasteiger partial charge >= 0.3 is 0 Å². The Morgan fingerprint density at radius 2 is 1.50 bits per heavy atom. The third-order valence-corrected chi connectivity index (χ3v) is 6.15. The van der Waals surface area contributed by atoms with Crippen molar-refractivity contribution in [3.8, 4) is 5.75 Å². The van der Waals surface area contributed by atoms with Crippen LogP contribution in [-0.4, -0.2) is 62.0 Å². The summed E-state index contributed by atoms with van der Waals surface area (Å²) in [5.74, 6) is 0.0630. The number of imide groups is 1. The number of nitrogens with zero attached hydrogens (tertiary/aromatic N) is 3. The molecule has 30 heavy (non-hydrogen) atoms. The van der Waals surface area contributed by atoms with E-state index in [0.717, 1.165) is 13.1 Å². The zero-order valence-electron chi connectivity index (χ0n) is 17.9. The van der Waals surface area contributed by atoms with Gasteiger partial charge in [0.05, 0.1) is 12.7 Å². The molecule has 0 radical (unpaired) electrons. The van der Waals surface area contributed by atoms with E-state index in [0.29, 0.717) is 35.7 Å². The van der Waals surface area contributed by atoms with E-state index in [4.69, 9.17) is 4.74 Å². The topological polar surface area (TPSA) is 53.1 Å². The van der Waals surface area contributed by atoms with Gasteiger partial charge in [0.1, 0.15) is 11.4 Å². The molecular weight excluding hydrogens is 378 g/mol. The van der Waals surface area contributed by atoms with Gasteiger partial charge in [-0.3, -0.25) is 14.5 Å². The number of aryl methyl sites for hydroxylation is 1. The second kappa shape index (κ2) is 7.86. The average molecular weight is 405 g/mol. The Balaban J connectivity index is 1.66.